The van der Waals surface area contributed by atoms with Crippen LogP contribution in [0.5, 0.6) is 0 Å². The standard InChI is InChI=1S/C22H12F2N2/c23-20-9-2-1-5-17(20)15-7-3-6-14(19(15)13-25)16-11-12-26-22-18(16)8-4-10-21(22)24/h1-12H. The maximum absolute atomic E-state index is 14.3. The Morgan fingerprint density at radius 2 is 1.35 bits per heavy atom. The minimum Gasteiger partial charge on any atom is -0.253 e. The first-order valence-electron chi connectivity index (χ1n) is 8.02. The average Bonchev–Trinajstić information content (AvgIpc) is 2.68. The van der Waals surface area contributed by atoms with Crippen molar-refractivity contribution in [2.24, 2.45) is 0 Å². The monoisotopic (exact) mass is 342 g/mol. The van der Waals surface area contributed by atoms with E-state index in [2.05, 4.69) is 11.1 Å². The van der Waals surface area contributed by atoms with Gasteiger partial charge in [-0.05, 0) is 23.8 Å². The molecule has 0 aliphatic rings. The number of rotatable bonds is 2. The number of nitriles is 1. The summed E-state index contributed by atoms with van der Waals surface area (Å²) in [5.41, 5.74) is 2.75. The zero-order chi connectivity index (χ0) is 18.1. The van der Waals surface area contributed by atoms with Crippen LogP contribution in [0.3, 0.4) is 0 Å². The maximum atomic E-state index is 14.3. The van der Waals surface area contributed by atoms with Gasteiger partial charge in [0.2, 0.25) is 0 Å². The number of benzene rings is 3. The van der Waals surface area contributed by atoms with Gasteiger partial charge in [-0.25, -0.2) is 8.78 Å². The van der Waals surface area contributed by atoms with Gasteiger partial charge in [0.15, 0.2) is 0 Å². The molecule has 0 saturated carbocycles. The summed E-state index contributed by atoms with van der Waals surface area (Å²) in [4.78, 5) is 4.10. The van der Waals surface area contributed by atoms with E-state index in [0.717, 1.165) is 0 Å². The van der Waals surface area contributed by atoms with Crippen LogP contribution in [0.2, 0.25) is 0 Å². The normalized spacial score (nSPS) is 10.7. The Balaban J connectivity index is 2.04. The van der Waals surface area contributed by atoms with Gasteiger partial charge in [-0.15, -0.1) is 0 Å². The van der Waals surface area contributed by atoms with Crippen LogP contribution in [0.1, 0.15) is 5.56 Å². The Bertz CT molecular complexity index is 1180. The summed E-state index contributed by atoms with van der Waals surface area (Å²) < 4.78 is 28.3. The van der Waals surface area contributed by atoms with E-state index < -0.39 is 11.6 Å². The quantitative estimate of drug-likeness (QED) is 0.467. The fourth-order valence-electron chi connectivity index (χ4n) is 3.18. The number of fused-ring (bicyclic) bond motifs is 1. The third kappa shape index (κ3) is 2.51. The summed E-state index contributed by atoms with van der Waals surface area (Å²) in [6, 6.07) is 20.2. The molecule has 0 radical (unpaired) electrons. The lowest BCUT2D eigenvalue weighted by Gasteiger charge is -2.12. The van der Waals surface area contributed by atoms with Gasteiger partial charge < -0.3 is 0 Å². The van der Waals surface area contributed by atoms with E-state index in [1.165, 1.54) is 18.3 Å². The SMILES string of the molecule is N#Cc1c(-c2ccccc2F)cccc1-c1ccnc2c(F)cccc12. The highest BCUT2D eigenvalue weighted by atomic mass is 19.1. The summed E-state index contributed by atoms with van der Waals surface area (Å²) in [7, 11) is 0. The molecule has 0 saturated heterocycles. The lowest BCUT2D eigenvalue weighted by atomic mass is 9.91. The molecule has 1 heterocycles. The molecule has 4 rings (SSSR count). The molecule has 0 aliphatic heterocycles. The molecule has 0 bridgehead atoms. The Hall–Kier alpha value is -3.58. The number of halogens is 2. The van der Waals surface area contributed by atoms with E-state index in [4.69, 9.17) is 0 Å². The number of aromatic nitrogens is 1. The summed E-state index contributed by atoms with van der Waals surface area (Å²) in [6.07, 6.45) is 1.51. The molecule has 4 aromatic rings. The van der Waals surface area contributed by atoms with Crippen molar-refractivity contribution >= 4 is 10.9 Å². The van der Waals surface area contributed by atoms with Gasteiger partial charge in [-0.3, -0.25) is 4.98 Å². The number of para-hydroxylation sites is 1. The van der Waals surface area contributed by atoms with E-state index >= 15 is 0 Å². The van der Waals surface area contributed by atoms with Crippen LogP contribution < -0.4 is 0 Å². The summed E-state index contributed by atoms with van der Waals surface area (Å²) in [5.74, 6) is -0.820. The molecule has 0 aliphatic carbocycles. The summed E-state index contributed by atoms with van der Waals surface area (Å²) >= 11 is 0. The smallest absolute Gasteiger partial charge is 0.149 e. The Labute approximate surface area is 149 Å². The van der Waals surface area contributed by atoms with Crippen molar-refractivity contribution < 1.29 is 8.78 Å². The first-order valence-corrected chi connectivity index (χ1v) is 8.02. The highest BCUT2D eigenvalue weighted by Crippen LogP contribution is 2.36. The van der Waals surface area contributed by atoms with E-state index in [1.54, 1.807) is 54.6 Å². The van der Waals surface area contributed by atoms with Crippen LogP contribution in [-0.2, 0) is 0 Å². The molecular formula is C22H12F2N2. The molecule has 0 spiro atoms. The van der Waals surface area contributed by atoms with Crippen LogP contribution in [0, 0.1) is 23.0 Å². The van der Waals surface area contributed by atoms with Crippen LogP contribution in [-0.4, -0.2) is 4.98 Å². The molecule has 0 atom stereocenters. The molecule has 3 aromatic carbocycles. The molecule has 2 nitrogen and oxygen atoms in total. The zero-order valence-corrected chi connectivity index (χ0v) is 13.6. The van der Waals surface area contributed by atoms with Crippen LogP contribution >= 0.6 is 0 Å². The minimum atomic E-state index is -0.423. The van der Waals surface area contributed by atoms with Crippen LogP contribution in [0.4, 0.5) is 8.78 Å². The first-order chi connectivity index (χ1) is 12.7. The van der Waals surface area contributed by atoms with Gasteiger partial charge in [0, 0.05) is 28.3 Å². The van der Waals surface area contributed by atoms with Gasteiger partial charge in [-0.1, -0.05) is 48.5 Å². The molecule has 0 unspecified atom stereocenters. The first kappa shape index (κ1) is 15.9. The van der Waals surface area contributed by atoms with Crippen LogP contribution in [0.15, 0.2) is 72.9 Å². The molecular weight excluding hydrogens is 330 g/mol. The van der Waals surface area contributed by atoms with Gasteiger partial charge in [0.05, 0.1) is 5.56 Å². The maximum Gasteiger partial charge on any atom is 0.149 e. The van der Waals surface area contributed by atoms with Crippen LogP contribution in [0.25, 0.3) is 33.2 Å². The Morgan fingerprint density at radius 1 is 0.692 bits per heavy atom. The summed E-state index contributed by atoms with van der Waals surface area (Å²) in [6.45, 7) is 0. The van der Waals surface area contributed by atoms with E-state index in [1.807, 2.05) is 0 Å². The van der Waals surface area contributed by atoms with Crippen molar-refractivity contribution in [1.29, 1.82) is 5.26 Å². The molecule has 0 amide bonds. The van der Waals surface area contributed by atoms with Crippen molar-refractivity contribution in [2.75, 3.05) is 0 Å². The van der Waals surface area contributed by atoms with Gasteiger partial charge in [0.1, 0.15) is 23.2 Å². The lowest BCUT2D eigenvalue weighted by molar-refractivity contribution is 0.631. The number of pyridine rings is 1. The predicted octanol–water partition coefficient (Wildman–Crippen LogP) is 5.72. The number of nitrogens with zero attached hydrogens (tertiary/aromatic N) is 2. The second-order valence-electron chi connectivity index (χ2n) is 5.81. The van der Waals surface area contributed by atoms with E-state index in [9.17, 15) is 14.0 Å². The lowest BCUT2D eigenvalue weighted by Crippen LogP contribution is -1.94. The van der Waals surface area contributed by atoms with E-state index in [-0.39, 0.29) is 5.52 Å². The van der Waals surface area contributed by atoms with Gasteiger partial charge in [0.25, 0.3) is 0 Å². The molecule has 1 aromatic heterocycles. The van der Waals surface area contributed by atoms with Crippen molar-refractivity contribution in [3.63, 3.8) is 0 Å². The Morgan fingerprint density at radius 3 is 2.12 bits per heavy atom. The average molecular weight is 342 g/mol. The van der Waals surface area contributed by atoms with Crippen molar-refractivity contribution in [3.8, 4) is 28.3 Å². The fourth-order valence-corrected chi connectivity index (χ4v) is 3.18. The molecule has 4 heteroatoms. The third-order valence-corrected chi connectivity index (χ3v) is 4.35. The van der Waals surface area contributed by atoms with Gasteiger partial charge in [-0.2, -0.15) is 5.26 Å². The predicted molar refractivity (Wildman–Crippen MR) is 97.2 cm³/mol. The number of hydrogen-bond acceptors (Lipinski definition) is 2. The Kier molecular flexibility index (Phi) is 3.91. The second kappa shape index (κ2) is 6.38. The molecule has 124 valence electrons. The third-order valence-electron chi connectivity index (χ3n) is 4.35. The second-order valence-corrected chi connectivity index (χ2v) is 5.81. The number of hydrogen-bond donors (Lipinski definition) is 0. The van der Waals surface area contributed by atoms with Crippen molar-refractivity contribution in [2.45, 2.75) is 0 Å². The van der Waals surface area contributed by atoms with Gasteiger partial charge >= 0.3 is 0 Å². The van der Waals surface area contributed by atoms with E-state index in [0.29, 0.717) is 33.2 Å². The highest BCUT2D eigenvalue weighted by Gasteiger charge is 2.16. The fraction of sp³-hybridized carbons (Fsp3) is 0. The minimum absolute atomic E-state index is 0.241. The van der Waals surface area contributed by atoms with Crippen molar-refractivity contribution in [3.05, 3.63) is 90.1 Å². The molecule has 26 heavy (non-hydrogen) atoms. The largest absolute Gasteiger partial charge is 0.253 e. The molecule has 0 fully saturated rings. The zero-order valence-electron chi connectivity index (χ0n) is 13.6. The summed E-state index contributed by atoms with van der Waals surface area (Å²) in [5, 5.41) is 10.4. The molecule has 0 N–H and O–H groups in total. The highest BCUT2D eigenvalue weighted by molar-refractivity contribution is 5.97. The van der Waals surface area contributed by atoms with Crippen molar-refractivity contribution in [1.82, 2.24) is 4.98 Å². The topological polar surface area (TPSA) is 36.7 Å².